The van der Waals surface area contributed by atoms with Crippen molar-refractivity contribution in [3.8, 4) is 0 Å². The van der Waals surface area contributed by atoms with Gasteiger partial charge in [-0.2, -0.15) is 11.8 Å². The molecule has 0 aliphatic carbocycles. The molecule has 0 amide bonds. The molecule has 2 nitrogen and oxygen atoms in total. The van der Waals surface area contributed by atoms with E-state index in [2.05, 4.69) is 35.0 Å². The average molecular weight is 345 g/mol. The number of hydrogen-bond donors (Lipinski definition) is 1. The second-order valence-corrected chi connectivity index (χ2v) is 7.60. The Labute approximate surface area is 128 Å². The van der Waals surface area contributed by atoms with Gasteiger partial charge in [0, 0.05) is 23.1 Å². The van der Waals surface area contributed by atoms with Crippen LogP contribution < -0.4 is 0 Å². The fourth-order valence-corrected chi connectivity index (χ4v) is 3.48. The van der Waals surface area contributed by atoms with Gasteiger partial charge in [-0.3, -0.25) is 0 Å². The summed E-state index contributed by atoms with van der Waals surface area (Å²) in [6, 6.07) is 8.19. The number of rotatable bonds is 4. The van der Waals surface area contributed by atoms with Gasteiger partial charge in [0.05, 0.1) is 17.8 Å². The third kappa shape index (κ3) is 4.48. The molecule has 0 spiro atoms. The van der Waals surface area contributed by atoms with Gasteiger partial charge in [0.1, 0.15) is 0 Å². The van der Waals surface area contributed by atoms with Crippen LogP contribution in [0.4, 0.5) is 0 Å². The Morgan fingerprint density at radius 1 is 1.37 bits per heavy atom. The maximum atomic E-state index is 10.4. The minimum absolute atomic E-state index is 0.000642. The van der Waals surface area contributed by atoms with Crippen LogP contribution in [0.5, 0.6) is 0 Å². The van der Waals surface area contributed by atoms with E-state index in [0.29, 0.717) is 6.42 Å². The van der Waals surface area contributed by atoms with Crippen molar-refractivity contribution in [2.45, 2.75) is 44.5 Å². The zero-order chi connectivity index (χ0) is 13.9. The van der Waals surface area contributed by atoms with E-state index in [1.807, 2.05) is 30.8 Å². The Kier molecular flexibility index (Phi) is 5.35. The molecule has 19 heavy (non-hydrogen) atoms. The first-order chi connectivity index (χ1) is 9.00. The van der Waals surface area contributed by atoms with Crippen molar-refractivity contribution in [1.29, 1.82) is 0 Å². The van der Waals surface area contributed by atoms with Crippen molar-refractivity contribution in [1.82, 2.24) is 0 Å². The van der Waals surface area contributed by atoms with Crippen LogP contribution >= 0.6 is 27.7 Å². The van der Waals surface area contributed by atoms with Crippen LogP contribution in [0.1, 0.15) is 38.4 Å². The Morgan fingerprint density at radius 2 is 2.05 bits per heavy atom. The van der Waals surface area contributed by atoms with Gasteiger partial charge in [-0.05, 0) is 30.4 Å². The van der Waals surface area contributed by atoms with Crippen LogP contribution in [0.15, 0.2) is 28.7 Å². The molecule has 0 aromatic heterocycles. The molecule has 1 heterocycles. The molecule has 1 fully saturated rings. The van der Waals surface area contributed by atoms with Crippen LogP contribution in [-0.4, -0.2) is 28.3 Å². The predicted molar refractivity (Wildman–Crippen MR) is 84.6 cm³/mol. The SMILES string of the molecule is CCSC[C@H]1C[C@](C)(O)C[C@H](c2ccc(Br)cc2)O1. The summed E-state index contributed by atoms with van der Waals surface area (Å²) < 4.78 is 7.22. The van der Waals surface area contributed by atoms with Crippen LogP contribution in [0.25, 0.3) is 0 Å². The monoisotopic (exact) mass is 344 g/mol. The molecule has 1 saturated heterocycles. The van der Waals surface area contributed by atoms with E-state index < -0.39 is 5.60 Å². The molecular formula is C15H21BrO2S. The summed E-state index contributed by atoms with van der Waals surface area (Å²) in [4.78, 5) is 0. The summed E-state index contributed by atoms with van der Waals surface area (Å²) in [7, 11) is 0. The third-order valence-electron chi connectivity index (χ3n) is 3.40. The summed E-state index contributed by atoms with van der Waals surface area (Å²) >= 11 is 5.32. The van der Waals surface area contributed by atoms with E-state index >= 15 is 0 Å². The van der Waals surface area contributed by atoms with Gasteiger partial charge >= 0.3 is 0 Å². The molecule has 0 radical (unpaired) electrons. The van der Waals surface area contributed by atoms with Crippen molar-refractivity contribution in [2.24, 2.45) is 0 Å². The number of ether oxygens (including phenoxy) is 1. The Hall–Kier alpha value is -0.0300. The van der Waals surface area contributed by atoms with Crippen molar-refractivity contribution >= 4 is 27.7 Å². The highest BCUT2D eigenvalue weighted by molar-refractivity contribution is 9.10. The highest BCUT2D eigenvalue weighted by Gasteiger charge is 2.36. The van der Waals surface area contributed by atoms with Crippen LogP contribution in [0.3, 0.4) is 0 Å². The molecule has 4 heteroatoms. The number of benzene rings is 1. The summed E-state index contributed by atoms with van der Waals surface area (Å²) in [5.41, 5.74) is 0.518. The fourth-order valence-electron chi connectivity index (χ4n) is 2.52. The average Bonchev–Trinajstić information content (AvgIpc) is 2.35. The Morgan fingerprint density at radius 3 is 2.68 bits per heavy atom. The Bertz CT molecular complexity index is 405. The molecule has 106 valence electrons. The molecule has 0 unspecified atom stereocenters. The van der Waals surface area contributed by atoms with E-state index in [4.69, 9.17) is 4.74 Å². The van der Waals surface area contributed by atoms with Crippen molar-refractivity contribution in [3.63, 3.8) is 0 Å². The van der Waals surface area contributed by atoms with Crippen molar-refractivity contribution in [2.75, 3.05) is 11.5 Å². The number of thioether (sulfide) groups is 1. The summed E-state index contributed by atoms with van der Waals surface area (Å²) in [6.45, 7) is 4.07. The number of halogens is 1. The molecular weight excluding hydrogens is 324 g/mol. The summed E-state index contributed by atoms with van der Waals surface area (Å²) in [5.74, 6) is 2.05. The first kappa shape index (κ1) is 15.4. The van der Waals surface area contributed by atoms with Gasteiger partial charge in [-0.15, -0.1) is 0 Å². The highest BCUT2D eigenvalue weighted by Crippen LogP contribution is 2.38. The lowest BCUT2D eigenvalue weighted by atomic mass is 9.86. The lowest BCUT2D eigenvalue weighted by molar-refractivity contribution is -0.130. The summed E-state index contributed by atoms with van der Waals surface area (Å²) in [5, 5.41) is 10.4. The molecule has 1 aliphatic heterocycles. The standard InChI is InChI=1S/C15H21BrO2S/c1-3-19-10-13-8-15(2,17)9-14(18-13)11-4-6-12(16)7-5-11/h4-7,13-14,17H,3,8-10H2,1-2H3/t13-,14-,15+/m1/s1. The predicted octanol–water partition coefficient (Wildman–Crippen LogP) is 4.17. The van der Waals surface area contributed by atoms with Gasteiger partial charge in [0.25, 0.3) is 0 Å². The minimum Gasteiger partial charge on any atom is -0.390 e. The van der Waals surface area contributed by atoms with E-state index in [1.165, 1.54) is 0 Å². The number of aliphatic hydroxyl groups is 1. The van der Waals surface area contributed by atoms with Crippen LogP contribution in [0.2, 0.25) is 0 Å². The lowest BCUT2D eigenvalue weighted by Crippen LogP contribution is -2.40. The van der Waals surface area contributed by atoms with Crippen LogP contribution in [0, 0.1) is 0 Å². The molecule has 2 rings (SSSR count). The smallest absolute Gasteiger partial charge is 0.0856 e. The van der Waals surface area contributed by atoms with Gasteiger partial charge in [0.2, 0.25) is 0 Å². The molecule has 0 saturated carbocycles. The first-order valence-electron chi connectivity index (χ1n) is 6.71. The van der Waals surface area contributed by atoms with E-state index in [9.17, 15) is 5.11 Å². The zero-order valence-electron chi connectivity index (χ0n) is 11.4. The van der Waals surface area contributed by atoms with E-state index in [0.717, 1.165) is 28.0 Å². The minimum atomic E-state index is -0.630. The normalized spacial score (nSPS) is 31.4. The van der Waals surface area contributed by atoms with Gasteiger partial charge in [-0.1, -0.05) is 35.0 Å². The van der Waals surface area contributed by atoms with E-state index in [-0.39, 0.29) is 12.2 Å². The lowest BCUT2D eigenvalue weighted by Gasteiger charge is -2.39. The van der Waals surface area contributed by atoms with Gasteiger partial charge < -0.3 is 9.84 Å². The first-order valence-corrected chi connectivity index (χ1v) is 8.66. The molecule has 1 aromatic carbocycles. The van der Waals surface area contributed by atoms with Crippen molar-refractivity contribution in [3.05, 3.63) is 34.3 Å². The molecule has 0 bridgehead atoms. The maximum absolute atomic E-state index is 10.4. The third-order valence-corrected chi connectivity index (χ3v) is 4.94. The Balaban J connectivity index is 2.09. The maximum Gasteiger partial charge on any atom is 0.0856 e. The second kappa shape index (κ2) is 6.61. The molecule has 1 aromatic rings. The number of hydrogen-bond acceptors (Lipinski definition) is 3. The molecule has 1 N–H and O–H groups in total. The largest absolute Gasteiger partial charge is 0.390 e. The fraction of sp³-hybridized carbons (Fsp3) is 0.600. The van der Waals surface area contributed by atoms with Gasteiger partial charge in [0.15, 0.2) is 0 Å². The van der Waals surface area contributed by atoms with Crippen molar-refractivity contribution < 1.29 is 9.84 Å². The highest BCUT2D eigenvalue weighted by atomic mass is 79.9. The second-order valence-electron chi connectivity index (χ2n) is 5.36. The van der Waals surface area contributed by atoms with E-state index in [1.54, 1.807) is 0 Å². The zero-order valence-corrected chi connectivity index (χ0v) is 13.8. The molecule has 1 aliphatic rings. The summed E-state index contributed by atoms with van der Waals surface area (Å²) in [6.07, 6.45) is 1.54. The molecule has 3 atom stereocenters. The topological polar surface area (TPSA) is 29.5 Å². The van der Waals surface area contributed by atoms with Crippen LogP contribution in [-0.2, 0) is 4.74 Å². The quantitative estimate of drug-likeness (QED) is 0.888. The van der Waals surface area contributed by atoms with Gasteiger partial charge in [-0.25, -0.2) is 0 Å².